The van der Waals surface area contributed by atoms with Gasteiger partial charge in [-0.05, 0) is 30.4 Å². The number of hydrogen-bond acceptors (Lipinski definition) is 6. The van der Waals surface area contributed by atoms with Crippen LogP contribution in [0.2, 0.25) is 5.02 Å². The molecule has 3 rings (SSSR count). The molecule has 0 saturated heterocycles. The lowest BCUT2D eigenvalue weighted by molar-refractivity contribution is -0.141. The molecule has 0 unspecified atom stereocenters. The van der Waals surface area contributed by atoms with E-state index in [2.05, 4.69) is 5.10 Å². The molecule has 2 aromatic rings. The summed E-state index contributed by atoms with van der Waals surface area (Å²) in [6.07, 6.45) is 2.24. The molecular formula is C20H15ClF3N3O4. The van der Waals surface area contributed by atoms with Crippen molar-refractivity contribution < 1.29 is 32.2 Å². The number of hydrogen-bond donors (Lipinski definition) is 0. The summed E-state index contributed by atoms with van der Waals surface area (Å²) in [5, 5.41) is 3.63. The van der Waals surface area contributed by atoms with Gasteiger partial charge in [0.15, 0.2) is 5.69 Å². The molecule has 0 amide bonds. The van der Waals surface area contributed by atoms with Crippen LogP contribution in [0.1, 0.15) is 5.69 Å². The van der Waals surface area contributed by atoms with Crippen molar-refractivity contribution in [2.45, 2.75) is 6.18 Å². The smallest absolute Gasteiger partial charge is 0.435 e. The lowest BCUT2D eigenvalue weighted by Crippen LogP contribution is -2.28. The van der Waals surface area contributed by atoms with E-state index >= 15 is 0 Å². The summed E-state index contributed by atoms with van der Waals surface area (Å²) in [4.78, 5) is 26.2. The van der Waals surface area contributed by atoms with E-state index < -0.39 is 23.8 Å². The van der Waals surface area contributed by atoms with Crippen LogP contribution in [0.4, 0.5) is 18.9 Å². The molecule has 11 heteroatoms. The Morgan fingerprint density at radius 1 is 1.06 bits per heavy atom. The van der Waals surface area contributed by atoms with Crippen molar-refractivity contribution in [2.24, 2.45) is 0 Å². The third-order valence-corrected chi connectivity index (χ3v) is 4.53. The molecule has 1 aliphatic heterocycles. The van der Waals surface area contributed by atoms with Crippen LogP contribution in [-0.2, 0) is 25.2 Å². The first-order chi connectivity index (χ1) is 14.7. The molecule has 1 aromatic carbocycles. The Morgan fingerprint density at radius 3 is 2.39 bits per heavy atom. The number of aromatic nitrogens is 2. The van der Waals surface area contributed by atoms with Crippen LogP contribution in [0.3, 0.4) is 0 Å². The van der Waals surface area contributed by atoms with Gasteiger partial charge in [0, 0.05) is 12.4 Å². The minimum atomic E-state index is -4.66. The van der Waals surface area contributed by atoms with Gasteiger partial charge in [0.05, 0.1) is 30.5 Å². The molecule has 1 aromatic heterocycles. The van der Waals surface area contributed by atoms with E-state index in [1.165, 1.54) is 47.5 Å². The Kier molecular flexibility index (Phi) is 6.21. The molecule has 0 saturated carbocycles. The Morgan fingerprint density at radius 2 is 1.77 bits per heavy atom. The summed E-state index contributed by atoms with van der Waals surface area (Å²) in [7, 11) is 2.27. The molecule has 7 nitrogen and oxygen atoms in total. The topological polar surface area (TPSA) is 73.7 Å². The second-order valence-corrected chi connectivity index (χ2v) is 6.47. The number of methoxy groups -OCH3 is 2. The number of esters is 2. The van der Waals surface area contributed by atoms with E-state index in [4.69, 9.17) is 21.1 Å². The minimum Gasteiger partial charge on any atom is -0.465 e. The first-order valence-corrected chi connectivity index (χ1v) is 9.03. The average Bonchev–Trinajstić information content (AvgIpc) is 3.13. The SMILES string of the molecule is COC(=O)C1=C(C(=O)OC)N(c2cccc(Cl)c2-n2ccc(C(F)(F)F)n2)C=CC=C1. The van der Waals surface area contributed by atoms with E-state index in [1.54, 1.807) is 0 Å². The highest BCUT2D eigenvalue weighted by Crippen LogP contribution is 2.36. The van der Waals surface area contributed by atoms with Crippen LogP contribution < -0.4 is 4.90 Å². The minimum absolute atomic E-state index is 0.0526. The molecule has 1 aliphatic rings. The lowest BCUT2D eigenvalue weighted by Gasteiger charge is -2.25. The predicted octanol–water partition coefficient (Wildman–Crippen LogP) is 4.03. The fourth-order valence-corrected chi connectivity index (χ4v) is 3.13. The number of allylic oxidation sites excluding steroid dienone is 2. The zero-order valence-corrected chi connectivity index (χ0v) is 16.9. The number of carbonyl (C=O) groups excluding carboxylic acids is 2. The first-order valence-electron chi connectivity index (χ1n) is 8.65. The first kappa shape index (κ1) is 22.2. The Hall–Kier alpha value is -3.53. The zero-order valence-electron chi connectivity index (χ0n) is 16.2. The highest BCUT2D eigenvalue weighted by atomic mass is 35.5. The van der Waals surface area contributed by atoms with Crippen LogP contribution in [0.25, 0.3) is 5.69 Å². The number of ether oxygens (including phenoxy) is 2. The highest BCUT2D eigenvalue weighted by Gasteiger charge is 2.34. The third-order valence-electron chi connectivity index (χ3n) is 4.22. The number of rotatable bonds is 4. The van der Waals surface area contributed by atoms with E-state index in [0.717, 1.165) is 31.2 Å². The maximum absolute atomic E-state index is 13.1. The highest BCUT2D eigenvalue weighted by molar-refractivity contribution is 6.33. The number of anilines is 1. The molecule has 0 N–H and O–H groups in total. The zero-order chi connectivity index (χ0) is 22.8. The summed E-state index contributed by atoms with van der Waals surface area (Å²) >= 11 is 6.30. The Balaban J connectivity index is 2.26. The van der Waals surface area contributed by atoms with Crippen molar-refractivity contribution in [1.29, 1.82) is 0 Å². The van der Waals surface area contributed by atoms with Gasteiger partial charge in [-0.25, -0.2) is 14.3 Å². The van der Waals surface area contributed by atoms with Crippen LogP contribution in [0, 0.1) is 0 Å². The second-order valence-electron chi connectivity index (χ2n) is 6.07. The molecule has 162 valence electrons. The molecule has 0 bridgehead atoms. The number of nitrogens with zero attached hydrogens (tertiary/aromatic N) is 3. The Labute approximate surface area is 179 Å². The molecule has 31 heavy (non-hydrogen) atoms. The summed E-state index contributed by atoms with van der Waals surface area (Å²) in [5.74, 6) is -1.69. The van der Waals surface area contributed by atoms with Gasteiger partial charge in [-0.2, -0.15) is 18.3 Å². The fourth-order valence-electron chi connectivity index (χ4n) is 2.88. The summed E-state index contributed by atoms with van der Waals surface area (Å²) in [5.41, 5.74) is -1.24. The number of para-hydroxylation sites is 1. The molecule has 2 heterocycles. The van der Waals surface area contributed by atoms with Gasteiger partial charge in [-0.1, -0.05) is 23.7 Å². The normalized spacial score (nSPS) is 13.9. The van der Waals surface area contributed by atoms with Gasteiger partial charge in [0.25, 0.3) is 0 Å². The maximum atomic E-state index is 13.1. The van der Waals surface area contributed by atoms with Gasteiger partial charge in [0.1, 0.15) is 11.4 Å². The number of benzene rings is 1. The van der Waals surface area contributed by atoms with Gasteiger partial charge in [-0.3, -0.25) is 0 Å². The predicted molar refractivity (Wildman–Crippen MR) is 105 cm³/mol. The number of alkyl halides is 3. The maximum Gasteiger partial charge on any atom is 0.435 e. The molecule has 0 atom stereocenters. The van der Waals surface area contributed by atoms with Crippen molar-refractivity contribution in [3.63, 3.8) is 0 Å². The van der Waals surface area contributed by atoms with Crippen LogP contribution in [0.5, 0.6) is 0 Å². The molecule has 0 aliphatic carbocycles. The van der Waals surface area contributed by atoms with Gasteiger partial charge in [0.2, 0.25) is 0 Å². The van der Waals surface area contributed by atoms with Crippen LogP contribution >= 0.6 is 11.6 Å². The van der Waals surface area contributed by atoms with Crippen molar-refractivity contribution >= 4 is 29.2 Å². The van der Waals surface area contributed by atoms with Crippen LogP contribution in [0.15, 0.2) is 66.2 Å². The van der Waals surface area contributed by atoms with E-state index in [-0.39, 0.29) is 27.7 Å². The lowest BCUT2D eigenvalue weighted by atomic mass is 10.1. The average molecular weight is 454 g/mol. The summed E-state index contributed by atoms with van der Waals surface area (Å²) in [6, 6.07) is 5.29. The van der Waals surface area contributed by atoms with Gasteiger partial charge < -0.3 is 14.4 Å². The van der Waals surface area contributed by atoms with Crippen molar-refractivity contribution in [3.05, 3.63) is 76.9 Å². The summed E-state index contributed by atoms with van der Waals surface area (Å²) in [6.45, 7) is 0. The van der Waals surface area contributed by atoms with Crippen molar-refractivity contribution in [3.8, 4) is 5.69 Å². The number of halogens is 4. The quantitative estimate of drug-likeness (QED) is 0.651. The standard InChI is InChI=1S/C20H15ClF3N3O4/c1-30-18(28)12-6-3-4-10-26(16(12)19(29)31-2)14-8-5-7-13(21)17(14)27-11-9-15(25-27)20(22,23)24/h3-11H,1-2H3. The van der Waals surface area contributed by atoms with Gasteiger partial charge in [-0.15, -0.1) is 0 Å². The fraction of sp³-hybridized carbons (Fsp3) is 0.150. The van der Waals surface area contributed by atoms with Crippen molar-refractivity contribution in [2.75, 3.05) is 19.1 Å². The van der Waals surface area contributed by atoms with E-state index in [0.29, 0.717) is 0 Å². The van der Waals surface area contributed by atoms with E-state index in [9.17, 15) is 22.8 Å². The second kappa shape index (κ2) is 8.68. The van der Waals surface area contributed by atoms with E-state index in [1.807, 2.05) is 0 Å². The molecule has 0 spiro atoms. The third kappa shape index (κ3) is 4.33. The van der Waals surface area contributed by atoms with Crippen LogP contribution in [-0.4, -0.2) is 35.9 Å². The molecule has 0 fully saturated rings. The van der Waals surface area contributed by atoms with Crippen molar-refractivity contribution in [1.82, 2.24) is 9.78 Å². The number of carbonyl (C=O) groups is 2. The monoisotopic (exact) mass is 453 g/mol. The Bertz CT molecular complexity index is 1120. The molecular weight excluding hydrogens is 439 g/mol. The largest absolute Gasteiger partial charge is 0.465 e. The summed E-state index contributed by atoms with van der Waals surface area (Å²) < 4.78 is 49.7. The van der Waals surface area contributed by atoms with Gasteiger partial charge >= 0.3 is 18.1 Å². The molecule has 0 radical (unpaired) electrons.